The monoisotopic (exact) mass is 210 g/mol. The molecular weight excluding hydrogens is 192 g/mol. The summed E-state index contributed by atoms with van der Waals surface area (Å²) >= 11 is 0. The number of ether oxygens (including phenoxy) is 3. The van der Waals surface area contributed by atoms with Crippen molar-refractivity contribution in [1.82, 2.24) is 0 Å². The number of methoxy groups -OCH3 is 1. The van der Waals surface area contributed by atoms with Crippen LogP contribution in [0.5, 0.6) is 17.2 Å². The maximum absolute atomic E-state index is 5.55. The predicted octanol–water partition coefficient (Wildman–Crippen LogP) is 2.88. The second-order valence-electron chi connectivity index (χ2n) is 3.41. The van der Waals surface area contributed by atoms with Crippen LogP contribution < -0.4 is 14.2 Å². The molecule has 1 aromatic rings. The average Bonchev–Trinajstić information content (AvgIpc) is 2.20. The Morgan fingerprint density at radius 3 is 2.47 bits per heavy atom. The Bertz CT molecular complexity index is 308. The second-order valence-corrected chi connectivity index (χ2v) is 3.41. The molecule has 0 saturated heterocycles. The molecule has 1 rings (SSSR count). The van der Waals surface area contributed by atoms with Crippen LogP contribution in [0.4, 0.5) is 0 Å². The highest BCUT2D eigenvalue weighted by atomic mass is 16.5. The van der Waals surface area contributed by atoms with Gasteiger partial charge in [-0.3, -0.25) is 0 Å². The number of hydrogen-bond acceptors (Lipinski definition) is 3. The summed E-state index contributed by atoms with van der Waals surface area (Å²) in [4.78, 5) is 0. The van der Waals surface area contributed by atoms with E-state index in [1.54, 1.807) is 7.11 Å². The van der Waals surface area contributed by atoms with Crippen LogP contribution in [0.3, 0.4) is 0 Å². The van der Waals surface area contributed by atoms with Gasteiger partial charge in [0.15, 0.2) is 11.5 Å². The lowest BCUT2D eigenvalue weighted by Gasteiger charge is -2.13. The molecule has 0 aromatic heterocycles. The van der Waals surface area contributed by atoms with E-state index in [0.29, 0.717) is 12.4 Å². The molecular formula is C12H18O3. The van der Waals surface area contributed by atoms with Crippen molar-refractivity contribution >= 4 is 0 Å². The topological polar surface area (TPSA) is 27.7 Å². The molecule has 0 spiro atoms. The maximum atomic E-state index is 5.55. The summed E-state index contributed by atoms with van der Waals surface area (Å²) in [5.74, 6) is 2.25. The molecule has 0 aliphatic carbocycles. The second kappa shape index (κ2) is 5.49. The van der Waals surface area contributed by atoms with E-state index in [2.05, 4.69) is 0 Å². The quantitative estimate of drug-likeness (QED) is 0.748. The lowest BCUT2D eigenvalue weighted by Crippen LogP contribution is -2.05. The van der Waals surface area contributed by atoms with Crippen molar-refractivity contribution in [1.29, 1.82) is 0 Å². The molecule has 84 valence electrons. The molecule has 15 heavy (non-hydrogen) atoms. The Morgan fingerprint density at radius 2 is 1.93 bits per heavy atom. The minimum atomic E-state index is 0.160. The molecule has 0 bridgehead atoms. The third-order valence-electron chi connectivity index (χ3n) is 1.81. The zero-order valence-corrected chi connectivity index (χ0v) is 9.74. The summed E-state index contributed by atoms with van der Waals surface area (Å²) in [5, 5.41) is 0. The Morgan fingerprint density at radius 1 is 1.20 bits per heavy atom. The van der Waals surface area contributed by atoms with Crippen molar-refractivity contribution in [2.24, 2.45) is 0 Å². The molecule has 0 amide bonds. The van der Waals surface area contributed by atoms with E-state index in [1.807, 2.05) is 39.0 Å². The number of rotatable bonds is 5. The Labute approximate surface area is 91.0 Å². The van der Waals surface area contributed by atoms with Gasteiger partial charge in [-0.25, -0.2) is 0 Å². The molecule has 3 nitrogen and oxygen atoms in total. The fourth-order valence-corrected chi connectivity index (χ4v) is 1.27. The summed E-state index contributed by atoms with van der Waals surface area (Å²) in [6.07, 6.45) is 0.160. The Kier molecular flexibility index (Phi) is 4.28. The summed E-state index contributed by atoms with van der Waals surface area (Å²) in [6, 6.07) is 5.58. The van der Waals surface area contributed by atoms with Gasteiger partial charge in [-0.2, -0.15) is 0 Å². The van der Waals surface area contributed by atoms with Crippen molar-refractivity contribution in [3.05, 3.63) is 18.2 Å². The first-order valence-corrected chi connectivity index (χ1v) is 5.14. The van der Waals surface area contributed by atoms with Crippen LogP contribution in [-0.2, 0) is 0 Å². The van der Waals surface area contributed by atoms with Crippen LogP contribution in [0.15, 0.2) is 18.2 Å². The van der Waals surface area contributed by atoms with Gasteiger partial charge in [0, 0.05) is 6.07 Å². The van der Waals surface area contributed by atoms with Crippen molar-refractivity contribution < 1.29 is 14.2 Å². The number of hydrogen-bond donors (Lipinski definition) is 0. The van der Waals surface area contributed by atoms with Gasteiger partial charge in [0.2, 0.25) is 0 Å². The van der Waals surface area contributed by atoms with Crippen molar-refractivity contribution in [2.45, 2.75) is 26.9 Å². The van der Waals surface area contributed by atoms with Gasteiger partial charge < -0.3 is 14.2 Å². The summed E-state index contributed by atoms with van der Waals surface area (Å²) in [6.45, 7) is 6.55. The van der Waals surface area contributed by atoms with E-state index < -0.39 is 0 Å². The molecule has 0 saturated carbocycles. The largest absolute Gasteiger partial charge is 0.493 e. The Hall–Kier alpha value is -1.38. The zero-order chi connectivity index (χ0) is 11.3. The lowest BCUT2D eigenvalue weighted by atomic mass is 10.3. The molecule has 3 heteroatoms. The molecule has 0 N–H and O–H groups in total. The van der Waals surface area contributed by atoms with Crippen LogP contribution in [0.1, 0.15) is 20.8 Å². The van der Waals surface area contributed by atoms with Gasteiger partial charge in [0.1, 0.15) is 5.75 Å². The average molecular weight is 210 g/mol. The fraction of sp³-hybridized carbons (Fsp3) is 0.500. The summed E-state index contributed by atoms with van der Waals surface area (Å²) < 4.78 is 16.2. The van der Waals surface area contributed by atoms with E-state index in [-0.39, 0.29) is 6.10 Å². The SMILES string of the molecule is CCOc1ccc(OC(C)C)cc1OC. The molecule has 0 atom stereocenters. The summed E-state index contributed by atoms with van der Waals surface area (Å²) in [7, 11) is 1.62. The van der Waals surface area contributed by atoms with Crippen LogP contribution >= 0.6 is 0 Å². The first-order chi connectivity index (χ1) is 7.17. The van der Waals surface area contributed by atoms with Gasteiger partial charge in [0.05, 0.1) is 19.8 Å². The highest BCUT2D eigenvalue weighted by molar-refractivity contribution is 5.45. The smallest absolute Gasteiger partial charge is 0.164 e. The van der Waals surface area contributed by atoms with Crippen molar-refractivity contribution in [3.63, 3.8) is 0 Å². The molecule has 0 radical (unpaired) electrons. The number of benzene rings is 1. The minimum Gasteiger partial charge on any atom is -0.493 e. The third kappa shape index (κ3) is 3.35. The third-order valence-corrected chi connectivity index (χ3v) is 1.81. The van der Waals surface area contributed by atoms with Crippen LogP contribution in [0, 0.1) is 0 Å². The molecule has 0 heterocycles. The first-order valence-electron chi connectivity index (χ1n) is 5.14. The van der Waals surface area contributed by atoms with E-state index in [0.717, 1.165) is 11.5 Å². The standard InChI is InChI=1S/C12H18O3/c1-5-14-11-7-6-10(15-9(2)3)8-12(11)13-4/h6-9H,5H2,1-4H3. The first kappa shape index (κ1) is 11.7. The van der Waals surface area contributed by atoms with Crippen molar-refractivity contribution in [3.8, 4) is 17.2 Å². The molecule has 1 aromatic carbocycles. The predicted molar refractivity (Wildman–Crippen MR) is 59.9 cm³/mol. The Balaban J connectivity index is 2.86. The highest BCUT2D eigenvalue weighted by Crippen LogP contribution is 2.31. The minimum absolute atomic E-state index is 0.160. The van der Waals surface area contributed by atoms with Gasteiger partial charge >= 0.3 is 0 Å². The van der Waals surface area contributed by atoms with Crippen molar-refractivity contribution in [2.75, 3.05) is 13.7 Å². The lowest BCUT2D eigenvalue weighted by molar-refractivity contribution is 0.239. The maximum Gasteiger partial charge on any atom is 0.164 e. The van der Waals surface area contributed by atoms with Crippen LogP contribution in [0.2, 0.25) is 0 Å². The van der Waals surface area contributed by atoms with E-state index in [9.17, 15) is 0 Å². The molecule has 0 fully saturated rings. The molecule has 0 aliphatic heterocycles. The van der Waals surface area contributed by atoms with Crippen LogP contribution in [-0.4, -0.2) is 19.8 Å². The van der Waals surface area contributed by atoms with Gasteiger partial charge in [-0.15, -0.1) is 0 Å². The van der Waals surface area contributed by atoms with Gasteiger partial charge in [-0.05, 0) is 32.9 Å². The van der Waals surface area contributed by atoms with Gasteiger partial charge in [0.25, 0.3) is 0 Å². The van der Waals surface area contributed by atoms with Crippen LogP contribution in [0.25, 0.3) is 0 Å². The van der Waals surface area contributed by atoms with E-state index in [4.69, 9.17) is 14.2 Å². The fourth-order valence-electron chi connectivity index (χ4n) is 1.27. The van der Waals surface area contributed by atoms with E-state index in [1.165, 1.54) is 0 Å². The van der Waals surface area contributed by atoms with Gasteiger partial charge in [-0.1, -0.05) is 0 Å². The summed E-state index contributed by atoms with van der Waals surface area (Å²) in [5.41, 5.74) is 0. The highest BCUT2D eigenvalue weighted by Gasteiger charge is 2.06. The molecule has 0 aliphatic rings. The van der Waals surface area contributed by atoms with E-state index >= 15 is 0 Å². The normalized spacial score (nSPS) is 10.2. The zero-order valence-electron chi connectivity index (χ0n) is 9.74. The molecule has 0 unspecified atom stereocenters.